The van der Waals surface area contributed by atoms with Gasteiger partial charge in [-0.2, -0.15) is 0 Å². The van der Waals surface area contributed by atoms with Crippen LogP contribution in [0.4, 0.5) is 0 Å². The zero-order valence-electron chi connectivity index (χ0n) is 18.5. The van der Waals surface area contributed by atoms with E-state index in [1.807, 2.05) is 0 Å². The summed E-state index contributed by atoms with van der Waals surface area (Å²) in [5, 5.41) is 3.14. The molecule has 1 unspecified atom stereocenters. The number of carbonyl (C=O) groups is 3. The van der Waals surface area contributed by atoms with Crippen LogP contribution in [-0.4, -0.2) is 60.4 Å². The third kappa shape index (κ3) is 6.30. The predicted molar refractivity (Wildman–Crippen MR) is 124 cm³/mol. The number of piperidine rings is 1. The summed E-state index contributed by atoms with van der Waals surface area (Å²) >= 11 is 6.07. The molecule has 1 aromatic heterocycles. The predicted octanol–water partition coefficient (Wildman–Crippen LogP) is 2.32. The quantitative estimate of drug-likeness (QED) is 0.342. The molecule has 2 amide bonds. The van der Waals surface area contributed by atoms with E-state index in [-0.39, 0.29) is 16.8 Å². The molecule has 2 heterocycles. The molecule has 0 saturated carbocycles. The minimum atomic E-state index is -1.36. The van der Waals surface area contributed by atoms with Crippen LogP contribution in [0.25, 0.3) is 0 Å². The number of aromatic nitrogens is 1. The van der Waals surface area contributed by atoms with Gasteiger partial charge in [-0.15, -0.1) is 0 Å². The SMILES string of the molecule is COCCCNC(=O)C1CCN(C(=O)C(C(=O)c2ccccc2)n2cc(Cl)ccc2=O)CC1. The number of methoxy groups -OCH3 is 1. The highest BCUT2D eigenvalue weighted by Gasteiger charge is 2.36. The fourth-order valence-electron chi connectivity index (χ4n) is 3.90. The minimum absolute atomic E-state index is 0.0406. The molecule has 1 aromatic carbocycles. The number of nitrogens with one attached hydrogen (secondary N) is 1. The van der Waals surface area contributed by atoms with Gasteiger partial charge < -0.3 is 15.0 Å². The van der Waals surface area contributed by atoms with E-state index in [9.17, 15) is 19.2 Å². The van der Waals surface area contributed by atoms with E-state index in [1.165, 1.54) is 18.3 Å². The Bertz CT molecular complexity index is 1030. The molecule has 1 aliphatic heterocycles. The van der Waals surface area contributed by atoms with Crippen LogP contribution in [0.15, 0.2) is 53.5 Å². The topological polar surface area (TPSA) is 97.7 Å². The van der Waals surface area contributed by atoms with Crippen LogP contribution >= 0.6 is 11.6 Å². The molecule has 9 heteroatoms. The third-order valence-electron chi connectivity index (χ3n) is 5.72. The summed E-state index contributed by atoms with van der Waals surface area (Å²) < 4.78 is 6.07. The van der Waals surface area contributed by atoms with E-state index < -0.39 is 23.3 Å². The Morgan fingerprint density at radius 3 is 2.48 bits per heavy atom. The Morgan fingerprint density at radius 1 is 1.12 bits per heavy atom. The summed E-state index contributed by atoms with van der Waals surface area (Å²) in [5.74, 6) is -1.20. The molecular weight excluding hydrogens is 446 g/mol. The highest BCUT2D eigenvalue weighted by atomic mass is 35.5. The number of hydrogen-bond acceptors (Lipinski definition) is 5. The second-order valence-electron chi connectivity index (χ2n) is 7.96. The number of amides is 2. The smallest absolute Gasteiger partial charge is 0.253 e. The lowest BCUT2D eigenvalue weighted by atomic mass is 9.94. The normalized spacial score (nSPS) is 15.2. The number of hydrogen-bond donors (Lipinski definition) is 1. The van der Waals surface area contributed by atoms with Gasteiger partial charge in [-0.05, 0) is 25.3 Å². The second-order valence-corrected chi connectivity index (χ2v) is 8.40. The van der Waals surface area contributed by atoms with Crippen molar-refractivity contribution in [2.45, 2.75) is 25.3 Å². The van der Waals surface area contributed by atoms with Crippen LogP contribution in [0.3, 0.4) is 0 Å². The second kappa shape index (κ2) is 11.8. The number of ketones is 1. The van der Waals surface area contributed by atoms with Crippen molar-refractivity contribution >= 4 is 29.2 Å². The molecule has 1 N–H and O–H groups in total. The van der Waals surface area contributed by atoms with E-state index in [1.54, 1.807) is 42.3 Å². The molecule has 0 radical (unpaired) electrons. The standard InChI is InChI=1S/C24H28ClN3O5/c1-33-15-5-12-26-23(31)18-10-13-27(14-11-18)24(32)21(22(30)17-6-3-2-4-7-17)28-16-19(25)8-9-20(28)29/h2-4,6-9,16,18,21H,5,10-15H2,1H3,(H,26,31). The summed E-state index contributed by atoms with van der Waals surface area (Å²) in [5.41, 5.74) is -0.166. The van der Waals surface area contributed by atoms with Gasteiger partial charge in [-0.25, -0.2) is 0 Å². The zero-order valence-corrected chi connectivity index (χ0v) is 19.3. The van der Waals surface area contributed by atoms with E-state index in [4.69, 9.17) is 16.3 Å². The fraction of sp³-hybridized carbons (Fsp3) is 0.417. The van der Waals surface area contributed by atoms with Gasteiger partial charge >= 0.3 is 0 Å². The maximum atomic E-state index is 13.5. The van der Waals surface area contributed by atoms with Crippen LogP contribution in [0.1, 0.15) is 35.7 Å². The lowest BCUT2D eigenvalue weighted by Gasteiger charge is -2.33. The molecule has 1 saturated heterocycles. The highest BCUT2D eigenvalue weighted by molar-refractivity contribution is 6.30. The largest absolute Gasteiger partial charge is 0.385 e. The summed E-state index contributed by atoms with van der Waals surface area (Å²) in [6.07, 6.45) is 3.02. The summed E-state index contributed by atoms with van der Waals surface area (Å²) in [7, 11) is 1.61. The van der Waals surface area contributed by atoms with Gasteiger partial charge in [0.15, 0.2) is 11.8 Å². The average molecular weight is 474 g/mol. The molecule has 0 spiro atoms. The zero-order chi connectivity index (χ0) is 23.8. The van der Waals surface area contributed by atoms with Crippen LogP contribution in [0, 0.1) is 5.92 Å². The number of likely N-dealkylation sites (tertiary alicyclic amines) is 1. The first-order valence-electron chi connectivity index (χ1n) is 10.9. The van der Waals surface area contributed by atoms with Gasteiger partial charge in [-0.1, -0.05) is 41.9 Å². The number of Topliss-reactive ketones (excluding diaryl/α,β-unsaturated/α-hetero) is 1. The molecule has 1 atom stereocenters. The molecular formula is C24H28ClN3O5. The summed E-state index contributed by atoms with van der Waals surface area (Å²) in [6.45, 7) is 1.76. The van der Waals surface area contributed by atoms with Crippen molar-refractivity contribution < 1.29 is 19.1 Å². The van der Waals surface area contributed by atoms with Crippen molar-refractivity contribution in [1.29, 1.82) is 0 Å². The van der Waals surface area contributed by atoms with E-state index >= 15 is 0 Å². The first-order valence-corrected chi connectivity index (χ1v) is 11.3. The molecule has 2 aromatic rings. The van der Waals surface area contributed by atoms with Crippen molar-refractivity contribution in [2.24, 2.45) is 5.92 Å². The number of benzene rings is 1. The monoisotopic (exact) mass is 473 g/mol. The van der Waals surface area contributed by atoms with E-state index in [2.05, 4.69) is 5.32 Å². The lowest BCUT2D eigenvalue weighted by molar-refractivity contribution is -0.137. The van der Waals surface area contributed by atoms with Gasteiger partial charge in [-0.3, -0.25) is 23.7 Å². The first-order chi connectivity index (χ1) is 15.9. The maximum Gasteiger partial charge on any atom is 0.253 e. The highest BCUT2D eigenvalue weighted by Crippen LogP contribution is 2.23. The van der Waals surface area contributed by atoms with Crippen molar-refractivity contribution in [3.05, 3.63) is 69.6 Å². The van der Waals surface area contributed by atoms with Gasteiger partial charge in [0.2, 0.25) is 5.91 Å². The molecule has 3 rings (SSSR count). The Kier molecular flexibility index (Phi) is 8.79. The summed E-state index contributed by atoms with van der Waals surface area (Å²) in [6, 6.07) is 9.68. The van der Waals surface area contributed by atoms with Crippen LogP contribution in [-0.2, 0) is 14.3 Å². The Balaban J connectivity index is 1.75. The van der Waals surface area contributed by atoms with E-state index in [0.29, 0.717) is 44.6 Å². The number of ether oxygens (including phenoxy) is 1. The Hall–Kier alpha value is -2.97. The number of halogens is 1. The third-order valence-corrected chi connectivity index (χ3v) is 5.95. The average Bonchev–Trinajstić information content (AvgIpc) is 2.84. The maximum absolute atomic E-state index is 13.5. The number of nitrogens with zero attached hydrogens (tertiary/aromatic N) is 2. The van der Waals surface area contributed by atoms with Crippen LogP contribution in [0.5, 0.6) is 0 Å². The number of carbonyl (C=O) groups excluding carboxylic acids is 3. The molecule has 1 fully saturated rings. The lowest BCUT2D eigenvalue weighted by Crippen LogP contribution is -2.48. The molecule has 0 aliphatic carbocycles. The van der Waals surface area contributed by atoms with Gasteiger partial charge in [0.25, 0.3) is 11.5 Å². The van der Waals surface area contributed by atoms with Crippen LogP contribution < -0.4 is 10.9 Å². The fourth-order valence-corrected chi connectivity index (χ4v) is 4.07. The van der Waals surface area contributed by atoms with Crippen LogP contribution in [0.2, 0.25) is 5.02 Å². The molecule has 33 heavy (non-hydrogen) atoms. The summed E-state index contributed by atoms with van der Waals surface area (Å²) in [4.78, 5) is 53.3. The van der Waals surface area contributed by atoms with Gasteiger partial charge in [0.1, 0.15) is 0 Å². The van der Waals surface area contributed by atoms with Gasteiger partial charge in [0, 0.05) is 57.1 Å². The molecule has 8 nitrogen and oxygen atoms in total. The first kappa shape index (κ1) is 24.7. The molecule has 176 valence electrons. The van der Waals surface area contributed by atoms with Gasteiger partial charge in [0.05, 0.1) is 5.02 Å². The Morgan fingerprint density at radius 2 is 1.82 bits per heavy atom. The molecule has 0 bridgehead atoms. The van der Waals surface area contributed by atoms with Crippen molar-refractivity contribution in [3.8, 4) is 0 Å². The molecule has 1 aliphatic rings. The minimum Gasteiger partial charge on any atom is -0.385 e. The number of pyridine rings is 1. The Labute approximate surface area is 197 Å². The van der Waals surface area contributed by atoms with Crippen molar-refractivity contribution in [2.75, 3.05) is 33.4 Å². The van der Waals surface area contributed by atoms with E-state index in [0.717, 1.165) is 11.0 Å². The van der Waals surface area contributed by atoms with Crippen molar-refractivity contribution in [1.82, 2.24) is 14.8 Å². The van der Waals surface area contributed by atoms with Crippen molar-refractivity contribution in [3.63, 3.8) is 0 Å². The number of rotatable bonds is 9.